The number of hydrogen-bond donors (Lipinski definition) is 1. The number of nitrogens with one attached hydrogen (secondary N) is 1. The molecule has 2 bridgehead atoms. The maximum absolute atomic E-state index is 12.7. The highest BCUT2D eigenvalue weighted by Gasteiger charge is 2.43. The van der Waals surface area contributed by atoms with E-state index in [1.165, 1.54) is 4.90 Å². The summed E-state index contributed by atoms with van der Waals surface area (Å²) in [7, 11) is 1.55. The molecule has 1 fully saturated rings. The molecule has 1 N–H and O–H groups in total. The van der Waals surface area contributed by atoms with Crippen molar-refractivity contribution in [2.24, 2.45) is 0 Å². The average molecular weight is 361 g/mol. The van der Waals surface area contributed by atoms with Gasteiger partial charge in [-0.05, 0) is 29.3 Å². The summed E-state index contributed by atoms with van der Waals surface area (Å²) in [5.41, 5.74) is 4.00. The van der Waals surface area contributed by atoms with Gasteiger partial charge in [0, 0.05) is 30.2 Å². The van der Waals surface area contributed by atoms with Crippen LogP contribution in [0.4, 0.5) is 4.79 Å². The van der Waals surface area contributed by atoms with Crippen LogP contribution in [-0.4, -0.2) is 40.3 Å². The van der Waals surface area contributed by atoms with Crippen LogP contribution >= 0.6 is 0 Å². The van der Waals surface area contributed by atoms with Crippen molar-refractivity contribution in [1.29, 1.82) is 0 Å². The Bertz CT molecular complexity index is 1060. The molecule has 27 heavy (non-hydrogen) atoms. The summed E-state index contributed by atoms with van der Waals surface area (Å²) in [6.07, 6.45) is 0. The van der Waals surface area contributed by atoms with Crippen LogP contribution in [0, 0.1) is 0 Å². The number of carbonyl (C=O) groups excluding carboxylic acids is 2. The van der Waals surface area contributed by atoms with Crippen LogP contribution in [0.2, 0.25) is 0 Å². The smallest absolute Gasteiger partial charge is 0.326 e. The lowest BCUT2D eigenvalue weighted by atomic mass is 9.89. The Morgan fingerprint density at radius 2 is 1.96 bits per heavy atom. The summed E-state index contributed by atoms with van der Waals surface area (Å²) in [4.78, 5) is 31.2. The van der Waals surface area contributed by atoms with Gasteiger partial charge in [-0.1, -0.05) is 30.3 Å². The number of fused-ring (bicyclic) bond motifs is 6. The summed E-state index contributed by atoms with van der Waals surface area (Å²) in [5.74, 6) is 0.298. The first-order valence-electron chi connectivity index (χ1n) is 8.99. The molecule has 0 radical (unpaired) electrons. The van der Waals surface area contributed by atoms with Crippen LogP contribution in [0.3, 0.4) is 0 Å². The predicted molar refractivity (Wildman–Crippen MR) is 100 cm³/mol. The molecule has 136 valence electrons. The fraction of sp³-hybridized carbons (Fsp3) is 0.238. The Balaban J connectivity index is 1.51. The minimum atomic E-state index is -0.324. The highest BCUT2D eigenvalue weighted by molar-refractivity contribution is 6.03. The number of urea groups is 1. The van der Waals surface area contributed by atoms with Crippen LogP contribution in [0.5, 0.6) is 5.75 Å². The number of benzene rings is 2. The van der Waals surface area contributed by atoms with E-state index in [9.17, 15) is 9.59 Å². The van der Waals surface area contributed by atoms with Crippen LogP contribution in [0.15, 0.2) is 48.5 Å². The highest BCUT2D eigenvalue weighted by atomic mass is 16.5. The normalized spacial score (nSPS) is 18.8. The minimum Gasteiger partial charge on any atom is -0.489 e. The molecular weight excluding hydrogens is 342 g/mol. The lowest BCUT2D eigenvalue weighted by Gasteiger charge is -2.40. The molecule has 3 heterocycles. The van der Waals surface area contributed by atoms with Crippen LogP contribution < -0.4 is 4.74 Å². The molecule has 0 saturated carbocycles. The van der Waals surface area contributed by atoms with Gasteiger partial charge in [0.1, 0.15) is 12.4 Å². The second kappa shape index (κ2) is 5.87. The third kappa shape index (κ3) is 2.48. The molecule has 2 aliphatic heterocycles. The van der Waals surface area contributed by atoms with E-state index in [1.807, 2.05) is 48.5 Å². The van der Waals surface area contributed by atoms with E-state index in [0.717, 1.165) is 33.5 Å². The second-order valence-corrected chi connectivity index (χ2v) is 7.11. The van der Waals surface area contributed by atoms with Crippen molar-refractivity contribution in [3.8, 4) is 5.75 Å². The number of hydrogen-bond acceptors (Lipinski definition) is 3. The van der Waals surface area contributed by atoms with Crippen LogP contribution in [-0.2, 0) is 17.9 Å². The SMILES string of the molecule is CN1C(=O)[C@@H]2CN(Cc3[nH]c4ccc(OCc5ccccc5)cc4c32)C1=O. The number of carbonyl (C=O) groups is 2. The predicted octanol–water partition coefficient (Wildman–Crippen LogP) is 3.24. The number of aromatic amines is 1. The number of nitrogens with zero attached hydrogens (tertiary/aromatic N) is 2. The molecule has 5 rings (SSSR count). The molecule has 3 amide bonds. The fourth-order valence-corrected chi connectivity index (χ4v) is 4.06. The van der Waals surface area contributed by atoms with Gasteiger partial charge in [-0.3, -0.25) is 9.69 Å². The number of likely N-dealkylation sites (N-methyl/N-ethyl adjacent to an activating group) is 1. The zero-order valence-corrected chi connectivity index (χ0v) is 14.9. The van der Waals surface area contributed by atoms with Gasteiger partial charge < -0.3 is 14.6 Å². The van der Waals surface area contributed by atoms with E-state index in [2.05, 4.69) is 4.98 Å². The number of aromatic nitrogens is 1. The van der Waals surface area contributed by atoms with Crippen molar-refractivity contribution in [2.75, 3.05) is 13.6 Å². The van der Waals surface area contributed by atoms with E-state index in [-0.39, 0.29) is 17.9 Å². The maximum atomic E-state index is 12.7. The monoisotopic (exact) mass is 361 g/mol. The molecule has 2 aromatic carbocycles. The molecular formula is C21H19N3O3. The van der Waals surface area contributed by atoms with Gasteiger partial charge >= 0.3 is 6.03 Å². The quantitative estimate of drug-likeness (QED) is 0.779. The van der Waals surface area contributed by atoms with Crippen LogP contribution in [0.1, 0.15) is 22.7 Å². The zero-order valence-electron chi connectivity index (χ0n) is 14.9. The average Bonchev–Trinajstić information content (AvgIpc) is 3.07. The van der Waals surface area contributed by atoms with Gasteiger partial charge in [0.05, 0.1) is 12.5 Å². The molecule has 1 aromatic heterocycles. The minimum absolute atomic E-state index is 0.145. The van der Waals surface area contributed by atoms with Crippen molar-refractivity contribution in [3.05, 3.63) is 65.4 Å². The first kappa shape index (κ1) is 15.9. The molecule has 0 unspecified atom stereocenters. The van der Waals surface area contributed by atoms with Crippen molar-refractivity contribution in [2.45, 2.75) is 19.1 Å². The van der Waals surface area contributed by atoms with E-state index in [0.29, 0.717) is 19.7 Å². The standard InChI is InChI=1S/C21H19N3O3/c1-23-20(25)16-10-24(21(23)26)11-18-19(16)15-9-14(7-8-17(15)22-18)27-12-13-5-3-2-4-6-13/h2-9,16,22H,10-12H2,1H3/t16-/m1/s1. The summed E-state index contributed by atoms with van der Waals surface area (Å²) < 4.78 is 5.96. The van der Waals surface area contributed by atoms with E-state index >= 15 is 0 Å². The molecule has 0 spiro atoms. The number of amides is 3. The summed E-state index contributed by atoms with van der Waals surface area (Å²) in [5, 5.41) is 0.997. The third-order valence-corrected chi connectivity index (χ3v) is 5.43. The van der Waals surface area contributed by atoms with Crippen molar-refractivity contribution >= 4 is 22.8 Å². The van der Waals surface area contributed by atoms with Gasteiger partial charge in [0.15, 0.2) is 0 Å². The van der Waals surface area contributed by atoms with Crippen molar-refractivity contribution in [3.63, 3.8) is 0 Å². The second-order valence-electron chi connectivity index (χ2n) is 7.11. The highest BCUT2D eigenvalue weighted by Crippen LogP contribution is 2.39. The Kier molecular flexibility index (Phi) is 3.47. The maximum Gasteiger partial charge on any atom is 0.326 e. The molecule has 2 aliphatic rings. The van der Waals surface area contributed by atoms with Gasteiger partial charge in [-0.15, -0.1) is 0 Å². The molecule has 6 nitrogen and oxygen atoms in total. The van der Waals surface area contributed by atoms with Crippen molar-refractivity contribution < 1.29 is 14.3 Å². The summed E-state index contributed by atoms with van der Waals surface area (Å²) >= 11 is 0. The molecule has 6 heteroatoms. The lowest BCUT2D eigenvalue weighted by Crippen LogP contribution is -2.55. The first-order chi connectivity index (χ1) is 13.1. The molecule has 1 saturated heterocycles. The fourth-order valence-electron chi connectivity index (χ4n) is 4.06. The summed E-state index contributed by atoms with van der Waals surface area (Å²) in [6, 6.07) is 15.7. The lowest BCUT2D eigenvalue weighted by molar-refractivity contribution is -0.132. The van der Waals surface area contributed by atoms with Gasteiger partial charge in [0.2, 0.25) is 5.91 Å². The Labute approximate surface area is 156 Å². The number of ether oxygens (including phenoxy) is 1. The van der Waals surface area contributed by atoms with Gasteiger partial charge in [-0.25, -0.2) is 4.79 Å². The zero-order chi connectivity index (χ0) is 18.5. The number of rotatable bonds is 3. The summed E-state index contributed by atoms with van der Waals surface area (Å²) in [6.45, 7) is 1.43. The number of imide groups is 1. The van der Waals surface area contributed by atoms with Gasteiger partial charge in [0.25, 0.3) is 0 Å². The molecule has 3 aromatic rings. The van der Waals surface area contributed by atoms with E-state index < -0.39 is 0 Å². The van der Waals surface area contributed by atoms with Crippen LogP contribution in [0.25, 0.3) is 10.9 Å². The molecule has 0 aliphatic carbocycles. The largest absolute Gasteiger partial charge is 0.489 e. The van der Waals surface area contributed by atoms with E-state index in [4.69, 9.17) is 4.74 Å². The first-order valence-corrected chi connectivity index (χ1v) is 8.99. The van der Waals surface area contributed by atoms with E-state index in [1.54, 1.807) is 11.9 Å². The third-order valence-electron chi connectivity index (χ3n) is 5.43. The van der Waals surface area contributed by atoms with Gasteiger partial charge in [-0.2, -0.15) is 0 Å². The Morgan fingerprint density at radius 1 is 1.15 bits per heavy atom. The Hall–Kier alpha value is -3.28. The number of H-pyrrole nitrogens is 1. The molecule has 1 atom stereocenters. The van der Waals surface area contributed by atoms with Crippen molar-refractivity contribution in [1.82, 2.24) is 14.8 Å². The Morgan fingerprint density at radius 3 is 2.78 bits per heavy atom. The topological polar surface area (TPSA) is 65.6 Å².